The highest BCUT2D eigenvalue weighted by Gasteiger charge is 2.17. The maximum atomic E-state index is 11.6. The number of carboxylic acid groups (broad SMARTS) is 1. The maximum absolute atomic E-state index is 11.6. The number of carbonyl (C=O) groups is 1. The lowest BCUT2D eigenvalue weighted by molar-refractivity contribution is -0.137. The van der Waals surface area contributed by atoms with Gasteiger partial charge in [0.1, 0.15) is 0 Å². The quantitative estimate of drug-likeness (QED) is 0.639. The number of hydrogen-bond donors (Lipinski definition) is 2. The van der Waals surface area contributed by atoms with Crippen LogP contribution in [-0.2, 0) is 15.0 Å². The second-order valence-electron chi connectivity index (χ2n) is 3.70. The summed E-state index contributed by atoms with van der Waals surface area (Å²) in [6.45, 7) is 2.36. The fraction of sp³-hybridized carbons (Fsp3) is 0.889. The van der Waals surface area contributed by atoms with Crippen LogP contribution in [-0.4, -0.2) is 55.4 Å². The Labute approximate surface area is 107 Å². The van der Waals surface area contributed by atoms with Crippen LogP contribution in [0.15, 0.2) is 0 Å². The summed E-state index contributed by atoms with van der Waals surface area (Å²) in [6.07, 6.45) is 2.52. The Balaban J connectivity index is 4.05. The number of aliphatic carboxylic acids is 1. The average Bonchev–Trinajstić information content (AvgIpc) is 2.25. The molecule has 0 aliphatic rings. The first-order valence-electron chi connectivity index (χ1n) is 5.25. The van der Waals surface area contributed by atoms with Gasteiger partial charge in [-0.15, -0.1) is 0 Å². The molecule has 0 rings (SSSR count). The molecule has 1 unspecified atom stereocenters. The first-order chi connectivity index (χ1) is 7.79. The maximum Gasteiger partial charge on any atom is 0.304 e. The minimum absolute atomic E-state index is 0.0251. The molecule has 0 aromatic rings. The number of thioether (sulfide) groups is 1. The zero-order chi connectivity index (χ0) is 13.5. The SMILES string of the molecule is CSC(C)CCNS(=O)(=O)N(C)CCC(=O)O. The van der Waals surface area contributed by atoms with Gasteiger partial charge in [-0.1, -0.05) is 6.92 Å². The Morgan fingerprint density at radius 1 is 1.53 bits per heavy atom. The van der Waals surface area contributed by atoms with Crippen molar-refractivity contribution in [2.75, 3.05) is 26.4 Å². The third kappa shape index (κ3) is 7.58. The molecule has 0 radical (unpaired) electrons. The van der Waals surface area contributed by atoms with Crippen LogP contribution in [0.25, 0.3) is 0 Å². The summed E-state index contributed by atoms with van der Waals surface area (Å²) in [4.78, 5) is 10.3. The number of nitrogens with zero attached hydrogens (tertiary/aromatic N) is 1. The first-order valence-corrected chi connectivity index (χ1v) is 7.98. The van der Waals surface area contributed by atoms with Gasteiger partial charge in [-0.2, -0.15) is 24.5 Å². The van der Waals surface area contributed by atoms with Crippen LogP contribution in [0.4, 0.5) is 0 Å². The molecule has 0 fully saturated rings. The van der Waals surface area contributed by atoms with Gasteiger partial charge in [-0.3, -0.25) is 4.79 Å². The second-order valence-corrected chi connectivity index (χ2v) is 6.84. The molecule has 0 amide bonds. The normalized spacial score (nSPS) is 13.9. The van der Waals surface area contributed by atoms with E-state index in [0.29, 0.717) is 11.8 Å². The molecule has 0 bridgehead atoms. The van der Waals surface area contributed by atoms with Crippen LogP contribution < -0.4 is 4.72 Å². The van der Waals surface area contributed by atoms with Gasteiger partial charge >= 0.3 is 5.97 Å². The highest BCUT2D eigenvalue weighted by molar-refractivity contribution is 7.99. The molecule has 6 nitrogen and oxygen atoms in total. The lowest BCUT2D eigenvalue weighted by Gasteiger charge is -2.17. The summed E-state index contributed by atoms with van der Waals surface area (Å²) < 4.78 is 26.7. The van der Waals surface area contributed by atoms with E-state index in [4.69, 9.17) is 5.11 Å². The van der Waals surface area contributed by atoms with Crippen LogP contribution in [0.5, 0.6) is 0 Å². The van der Waals surface area contributed by atoms with Crippen LogP contribution >= 0.6 is 11.8 Å². The molecule has 0 heterocycles. The summed E-state index contributed by atoms with van der Waals surface area (Å²) in [7, 11) is -2.18. The Kier molecular flexibility index (Phi) is 7.77. The molecule has 0 spiro atoms. The summed E-state index contributed by atoms with van der Waals surface area (Å²) in [5, 5.41) is 8.85. The smallest absolute Gasteiger partial charge is 0.304 e. The van der Waals surface area contributed by atoms with Gasteiger partial charge < -0.3 is 5.11 Å². The van der Waals surface area contributed by atoms with Gasteiger partial charge in [-0.05, 0) is 12.7 Å². The van der Waals surface area contributed by atoms with Gasteiger partial charge in [0.2, 0.25) is 0 Å². The molecule has 0 saturated carbocycles. The van der Waals surface area contributed by atoms with Crippen molar-refractivity contribution in [2.24, 2.45) is 0 Å². The summed E-state index contributed by atoms with van der Waals surface area (Å²) in [5.41, 5.74) is 0. The number of hydrogen-bond acceptors (Lipinski definition) is 4. The van der Waals surface area contributed by atoms with E-state index in [1.165, 1.54) is 7.05 Å². The number of nitrogens with one attached hydrogen (secondary N) is 1. The van der Waals surface area contributed by atoms with E-state index in [1.807, 2.05) is 13.2 Å². The van der Waals surface area contributed by atoms with Crippen molar-refractivity contribution >= 4 is 27.9 Å². The lowest BCUT2D eigenvalue weighted by Crippen LogP contribution is -2.40. The highest BCUT2D eigenvalue weighted by Crippen LogP contribution is 2.08. The van der Waals surface area contributed by atoms with Gasteiger partial charge in [-0.25, -0.2) is 4.72 Å². The zero-order valence-corrected chi connectivity index (χ0v) is 12.0. The van der Waals surface area contributed by atoms with Gasteiger partial charge in [0, 0.05) is 25.4 Å². The Morgan fingerprint density at radius 3 is 2.59 bits per heavy atom. The minimum Gasteiger partial charge on any atom is -0.481 e. The molecule has 102 valence electrons. The molecule has 0 aliphatic heterocycles. The van der Waals surface area contributed by atoms with Crippen molar-refractivity contribution in [1.29, 1.82) is 0 Å². The Bertz CT molecular complexity index is 332. The van der Waals surface area contributed by atoms with E-state index in [-0.39, 0.29) is 13.0 Å². The van der Waals surface area contributed by atoms with Crippen LogP contribution in [0.3, 0.4) is 0 Å². The topological polar surface area (TPSA) is 86.7 Å². The molecule has 0 aromatic heterocycles. The lowest BCUT2D eigenvalue weighted by atomic mass is 10.3. The van der Waals surface area contributed by atoms with E-state index in [1.54, 1.807) is 11.8 Å². The Hall–Kier alpha value is -0.310. The van der Waals surface area contributed by atoms with E-state index < -0.39 is 16.2 Å². The third-order valence-electron chi connectivity index (χ3n) is 2.29. The van der Waals surface area contributed by atoms with Crippen LogP contribution in [0, 0.1) is 0 Å². The number of carboxylic acids is 1. The molecule has 0 saturated heterocycles. The van der Waals surface area contributed by atoms with Crippen LogP contribution in [0.2, 0.25) is 0 Å². The monoisotopic (exact) mass is 284 g/mol. The van der Waals surface area contributed by atoms with E-state index in [9.17, 15) is 13.2 Å². The standard InChI is InChI=1S/C9H20N2O4S2/c1-8(16-3)4-6-10-17(14,15)11(2)7-5-9(12)13/h8,10H,4-7H2,1-3H3,(H,12,13). The van der Waals surface area contributed by atoms with Gasteiger partial charge in [0.25, 0.3) is 10.2 Å². The minimum atomic E-state index is -3.55. The van der Waals surface area contributed by atoms with Crippen molar-refractivity contribution in [1.82, 2.24) is 9.03 Å². The third-order valence-corrected chi connectivity index (χ3v) is 4.90. The summed E-state index contributed by atoms with van der Waals surface area (Å²) in [6, 6.07) is 0. The molecule has 1 atom stereocenters. The molecule has 8 heteroatoms. The molecule has 2 N–H and O–H groups in total. The first kappa shape index (κ1) is 16.7. The van der Waals surface area contributed by atoms with Crippen molar-refractivity contribution < 1.29 is 18.3 Å². The predicted molar refractivity (Wildman–Crippen MR) is 69.4 cm³/mol. The fourth-order valence-corrected chi connectivity index (χ4v) is 2.27. The molecule has 17 heavy (non-hydrogen) atoms. The second kappa shape index (κ2) is 7.91. The van der Waals surface area contributed by atoms with Crippen molar-refractivity contribution in [3.63, 3.8) is 0 Å². The van der Waals surface area contributed by atoms with Crippen molar-refractivity contribution in [3.8, 4) is 0 Å². The van der Waals surface area contributed by atoms with Crippen molar-refractivity contribution in [2.45, 2.75) is 25.0 Å². The molecule has 0 aromatic carbocycles. The van der Waals surface area contributed by atoms with Crippen molar-refractivity contribution in [3.05, 3.63) is 0 Å². The van der Waals surface area contributed by atoms with Gasteiger partial charge in [0.05, 0.1) is 6.42 Å². The zero-order valence-electron chi connectivity index (χ0n) is 10.3. The summed E-state index contributed by atoms with van der Waals surface area (Å²) >= 11 is 1.67. The number of rotatable bonds is 9. The van der Waals surface area contributed by atoms with E-state index in [0.717, 1.165) is 10.7 Å². The largest absolute Gasteiger partial charge is 0.481 e. The van der Waals surface area contributed by atoms with E-state index >= 15 is 0 Å². The van der Waals surface area contributed by atoms with E-state index in [2.05, 4.69) is 4.72 Å². The average molecular weight is 284 g/mol. The Morgan fingerprint density at radius 2 is 2.12 bits per heavy atom. The fourth-order valence-electron chi connectivity index (χ4n) is 0.992. The summed E-state index contributed by atoms with van der Waals surface area (Å²) in [5.74, 6) is -1.01. The molecular formula is C9H20N2O4S2. The predicted octanol–water partition coefficient (Wildman–Crippen LogP) is 0.369. The van der Waals surface area contributed by atoms with Gasteiger partial charge in [0.15, 0.2) is 0 Å². The van der Waals surface area contributed by atoms with Crippen LogP contribution in [0.1, 0.15) is 19.8 Å². The molecule has 0 aliphatic carbocycles. The highest BCUT2D eigenvalue weighted by atomic mass is 32.2. The molecular weight excluding hydrogens is 264 g/mol.